The number of likely N-dealkylation sites (tertiary alicyclic amines) is 12. The van der Waals surface area contributed by atoms with Gasteiger partial charge >= 0.3 is 18.3 Å². The van der Waals surface area contributed by atoms with Crippen molar-refractivity contribution in [2.75, 3.05) is 111 Å². The van der Waals surface area contributed by atoms with E-state index in [0.29, 0.717) is 65.0 Å². The number of rotatable bonds is 19. The number of β-lactam (4-membered cyclic amide) rings is 5. The molecule has 0 saturated carbocycles. The second-order valence-electron chi connectivity index (χ2n) is 36.1. The summed E-state index contributed by atoms with van der Waals surface area (Å²) in [5.41, 5.74) is 4.64. The number of carbonyl (C=O) groups is 14. The van der Waals surface area contributed by atoms with Crippen molar-refractivity contribution in [2.24, 2.45) is 5.73 Å². The predicted octanol–water partition coefficient (Wildman–Crippen LogP) is 3.88. The smallest absolute Gasteiger partial charge is 0.411 e. The maximum Gasteiger partial charge on any atom is 0.411 e. The molecule has 0 radical (unpaired) electrons. The number of benzene rings is 3. The molecule has 14 atom stereocenters. The number of alkyl carbamates (subject to hydrolysis) is 1. The SMILES string of the molecule is CC1N(CC(=O)N2CCCC2)C(=O)C12CCCN2.CC1N(CC(=O)N2CCCC2)C(=O)C12CCCN2C(=O)OCc1ccccc1.CC1N(CC(=O)N2CCCC2)C(=O)C12CCCN2C(=O)[C@@H](N)[C@@H](C)O.CC1N(CC(=O)N2CCCC2)C(=O)C12CCCN2C(=O)[C@@H](NC(=O)OCc1ccccc1)[C@@H](C)O.CC1NC(=O)C12CCCN2C(=O)OCc1ccccc1.[CH3-].[Pd]. The number of carbonyl (C=O) groups excluding carboxylic acids is 14. The van der Waals surface area contributed by atoms with Crippen molar-refractivity contribution < 1.29 is 112 Å². The third-order valence-electron chi connectivity index (χ3n) is 29.0. The standard InChI is InChI=1S/C25H34N4O6.C21H27N3O4.C17H28N4O4.C15H18N2O3.C13H21N3O2.CH3.Pd/c1-17(30)21(26-24(34)35-16-19-9-4-3-5-10-19)22(32)29-14-8-11-25(29)18(2)28(23(25)33)15-20(31)27-12-6-7-13-27;1-16-21(19(26)23(16)14-18(25)22-11-5-6-12-22)10-7-13-24(21)20(27)28-15-17-8-3-2-4-9-17;1-11(22)14(18)15(24)21-9-5-6-17(21)12(2)20(16(17)25)10-13(23)19-7-3-4-8-19;1-11-15(13(18)16-11)8-5-9-17(15)14(19)20-10-12-6-3-2-4-7-12;1-10-13(5-4-6-14-13)12(18)16(10)9-11(17)15-7-2-3-8-15;;/h3-5,9-10,17-18,21,30H,6-8,11-16H2,1-2H3,(H,26,34);2-4,8-9,16H,5-7,10-15H2,1H3;11-12,14,22H,3-10,18H2,1-2H3;2-4,6-7,11H,5,8-10H2,1H3,(H,16,18);10,14H,2-9H2,1H3;1H3;/q;;;;;-1;/t17-,18?,21+,25?;;11-,12?,14+,17?;;;;/m1.1..../s1. The molecule has 36 heteroatoms. The number of aliphatic hydroxyl groups is 2. The summed E-state index contributed by atoms with van der Waals surface area (Å²) in [6.07, 6.45) is 11.8. The average molecular weight is 1870 g/mol. The van der Waals surface area contributed by atoms with E-state index in [1.165, 1.54) is 28.5 Å². The number of nitrogens with one attached hydrogen (secondary N) is 3. The molecular weight excluding hydrogens is 1740 g/mol. The van der Waals surface area contributed by atoms with Gasteiger partial charge in [-0.3, -0.25) is 62.5 Å². The van der Waals surface area contributed by atoms with E-state index in [9.17, 15) is 77.3 Å². The fourth-order valence-corrected chi connectivity index (χ4v) is 21.3. The van der Waals surface area contributed by atoms with Crippen LogP contribution in [-0.4, -0.2) is 346 Å². The summed E-state index contributed by atoms with van der Waals surface area (Å²) in [5.74, 6) is -1.37. The zero-order chi connectivity index (χ0) is 90.2. The van der Waals surface area contributed by atoms with E-state index in [2.05, 4.69) is 22.9 Å². The second kappa shape index (κ2) is 42.4. The fraction of sp³-hybridized carbons (Fsp3) is 0.641. The first kappa shape index (κ1) is 98.7. The van der Waals surface area contributed by atoms with Gasteiger partial charge in [0.05, 0.1) is 42.4 Å². The number of nitrogens with zero attached hydrogens (tertiary/aromatic N) is 12. The predicted molar refractivity (Wildman–Crippen MR) is 465 cm³/mol. The van der Waals surface area contributed by atoms with E-state index >= 15 is 0 Å². The van der Waals surface area contributed by atoms with Gasteiger partial charge in [0.1, 0.15) is 85.8 Å². The van der Waals surface area contributed by atoms with Crippen molar-refractivity contribution in [2.45, 2.75) is 266 Å². The van der Waals surface area contributed by atoms with Crippen LogP contribution in [0.15, 0.2) is 91.0 Å². The third kappa shape index (κ3) is 19.3. The van der Waals surface area contributed by atoms with Crippen LogP contribution in [0.25, 0.3) is 0 Å². The molecule has 17 rings (SSSR count). The topological polar surface area (TPSA) is 408 Å². The van der Waals surface area contributed by atoms with Gasteiger partial charge in [0.25, 0.3) is 17.7 Å². The van der Waals surface area contributed by atoms with E-state index in [-0.39, 0.29) is 163 Å². The number of aliphatic hydroxyl groups excluding tert-OH is 2. The van der Waals surface area contributed by atoms with E-state index < -0.39 is 76.5 Å². The van der Waals surface area contributed by atoms with Crippen LogP contribution in [0.3, 0.4) is 0 Å². The maximum atomic E-state index is 13.5. The van der Waals surface area contributed by atoms with Crippen molar-refractivity contribution in [3.63, 3.8) is 0 Å². The summed E-state index contributed by atoms with van der Waals surface area (Å²) in [6.45, 7) is 22.5. The quantitative estimate of drug-likeness (QED) is 0.0429. The molecule has 10 unspecified atom stereocenters. The Morgan fingerprint density at radius 1 is 0.414 bits per heavy atom. The number of nitrogens with two attached hydrogens (primary N) is 1. The van der Waals surface area contributed by atoms with Gasteiger partial charge in [-0.15, -0.1) is 0 Å². The molecule has 14 fully saturated rings. The Morgan fingerprint density at radius 3 is 1.05 bits per heavy atom. The van der Waals surface area contributed by atoms with Gasteiger partial charge in [0, 0.05) is 99.0 Å². The summed E-state index contributed by atoms with van der Waals surface area (Å²) >= 11 is 0. The zero-order valence-electron chi connectivity index (χ0n) is 75.3. The summed E-state index contributed by atoms with van der Waals surface area (Å²) < 4.78 is 16.0. The maximum absolute atomic E-state index is 13.5. The minimum absolute atomic E-state index is 0. The minimum atomic E-state index is -1.26. The van der Waals surface area contributed by atoms with E-state index in [1.807, 2.05) is 128 Å². The number of amides is 14. The van der Waals surface area contributed by atoms with Crippen LogP contribution < -0.4 is 21.7 Å². The molecule has 14 aliphatic heterocycles. The molecule has 14 saturated heterocycles. The van der Waals surface area contributed by atoms with Crippen molar-refractivity contribution in [1.82, 2.24) is 74.7 Å². The van der Waals surface area contributed by atoms with Crippen molar-refractivity contribution >= 4 is 83.3 Å². The monoisotopic (exact) mass is 1870 g/mol. The van der Waals surface area contributed by atoms with Gasteiger partial charge in [-0.1, -0.05) is 91.0 Å². The molecule has 0 bridgehead atoms. The van der Waals surface area contributed by atoms with Crippen LogP contribution in [-0.2, 0) is 107 Å². The van der Waals surface area contributed by atoms with Gasteiger partial charge < -0.3 is 103 Å². The van der Waals surface area contributed by atoms with E-state index in [0.717, 1.165) is 152 Å². The second-order valence-corrected chi connectivity index (χ2v) is 36.1. The first-order chi connectivity index (χ1) is 60.4. The largest absolute Gasteiger partial charge is 0.445 e. The summed E-state index contributed by atoms with van der Waals surface area (Å²) in [4.78, 5) is 196. The molecule has 14 heterocycles. The Morgan fingerprint density at radius 2 is 0.734 bits per heavy atom. The van der Waals surface area contributed by atoms with Gasteiger partial charge in [-0.05, 0) is 187 Å². The summed E-state index contributed by atoms with van der Waals surface area (Å²) in [6, 6.07) is 25.3. The van der Waals surface area contributed by atoms with Gasteiger partial charge in [-0.25, -0.2) is 14.4 Å². The van der Waals surface area contributed by atoms with Crippen LogP contribution in [0.2, 0.25) is 0 Å². The molecule has 5 spiro atoms. The Hall–Kier alpha value is -9.86. The molecule has 14 amide bonds. The number of hydrogen-bond donors (Lipinski definition) is 6. The van der Waals surface area contributed by atoms with E-state index in [1.54, 1.807) is 34.3 Å². The van der Waals surface area contributed by atoms with Crippen molar-refractivity contribution in [3.05, 3.63) is 115 Å². The van der Waals surface area contributed by atoms with Crippen LogP contribution in [0, 0.1) is 7.43 Å². The molecule has 704 valence electrons. The van der Waals surface area contributed by atoms with Gasteiger partial charge in [0.15, 0.2) is 0 Å². The molecule has 0 aromatic heterocycles. The third-order valence-corrected chi connectivity index (χ3v) is 29.0. The summed E-state index contributed by atoms with van der Waals surface area (Å²) in [5, 5.41) is 28.5. The minimum Gasteiger partial charge on any atom is -0.445 e. The van der Waals surface area contributed by atoms with Crippen LogP contribution >= 0.6 is 0 Å². The number of ether oxygens (including phenoxy) is 3. The van der Waals surface area contributed by atoms with Crippen molar-refractivity contribution in [1.29, 1.82) is 0 Å². The normalized spacial score (nSPS) is 28.3. The first-order valence-electron chi connectivity index (χ1n) is 45.5. The molecule has 35 nitrogen and oxygen atoms in total. The zero-order valence-corrected chi connectivity index (χ0v) is 76.9. The number of hydrogen-bond acceptors (Lipinski definition) is 21. The molecule has 0 aliphatic carbocycles. The first-order valence-corrected chi connectivity index (χ1v) is 45.5. The van der Waals surface area contributed by atoms with E-state index in [4.69, 9.17) is 19.9 Å². The Bertz CT molecular complexity index is 4470. The Kier molecular flexibility index (Phi) is 32.7. The fourth-order valence-electron chi connectivity index (χ4n) is 21.3. The average Bonchev–Trinajstić information content (AvgIpc) is 1.55. The van der Waals surface area contributed by atoms with Crippen LogP contribution in [0.4, 0.5) is 14.4 Å². The molecule has 14 aliphatic rings. The molecule has 7 N–H and O–H groups in total. The van der Waals surface area contributed by atoms with Crippen molar-refractivity contribution in [3.8, 4) is 0 Å². The Balaban J connectivity index is 0.000000157. The molecule has 128 heavy (non-hydrogen) atoms. The summed E-state index contributed by atoms with van der Waals surface area (Å²) in [7, 11) is 0. The van der Waals surface area contributed by atoms with Gasteiger partial charge in [0.2, 0.25) is 47.3 Å². The van der Waals surface area contributed by atoms with Gasteiger partial charge in [-0.2, -0.15) is 0 Å². The Labute approximate surface area is 764 Å². The van der Waals surface area contributed by atoms with Crippen LogP contribution in [0.1, 0.15) is 181 Å². The van der Waals surface area contributed by atoms with Crippen LogP contribution in [0.5, 0.6) is 0 Å². The molecular formula is C92H131N16O19Pd-. The molecule has 3 aromatic rings. The molecule has 3 aromatic carbocycles.